The van der Waals surface area contributed by atoms with Crippen LogP contribution < -0.4 is 11.1 Å². The van der Waals surface area contributed by atoms with Gasteiger partial charge in [0, 0.05) is 12.7 Å². The molecule has 0 bridgehead atoms. The summed E-state index contributed by atoms with van der Waals surface area (Å²) in [5.74, 6) is 0.00699. The van der Waals surface area contributed by atoms with E-state index in [4.69, 9.17) is 5.73 Å². The van der Waals surface area contributed by atoms with Crippen molar-refractivity contribution in [3.8, 4) is 0 Å². The molecule has 0 saturated heterocycles. The van der Waals surface area contributed by atoms with Crippen LogP contribution in [0.25, 0.3) is 0 Å². The lowest BCUT2D eigenvalue weighted by Crippen LogP contribution is -2.30. The van der Waals surface area contributed by atoms with Crippen molar-refractivity contribution in [1.82, 2.24) is 10.3 Å². The van der Waals surface area contributed by atoms with E-state index in [1.54, 1.807) is 18.3 Å². The summed E-state index contributed by atoms with van der Waals surface area (Å²) in [6.07, 6.45) is 1.67. The van der Waals surface area contributed by atoms with Crippen LogP contribution in [-0.4, -0.2) is 22.7 Å². The highest BCUT2D eigenvalue weighted by Gasteiger charge is 2.15. The van der Waals surface area contributed by atoms with Crippen LogP contribution in [0, 0.1) is 0 Å². The molecule has 0 saturated carbocycles. The molecule has 1 heterocycles. The second-order valence-electron chi connectivity index (χ2n) is 3.05. The van der Waals surface area contributed by atoms with E-state index < -0.39 is 0 Å². The number of aromatic nitrogens is 1. The maximum atomic E-state index is 11.5. The van der Waals surface area contributed by atoms with Gasteiger partial charge in [0.2, 0.25) is 5.91 Å². The number of hydrogen-bond donors (Lipinski definition) is 2. The Morgan fingerprint density at radius 2 is 2.47 bits per heavy atom. The summed E-state index contributed by atoms with van der Waals surface area (Å²) in [5.41, 5.74) is 6.34. The molecule has 0 aromatic carbocycles. The second-order valence-corrected chi connectivity index (χ2v) is 4.38. The molecule has 0 aliphatic rings. The predicted molar refractivity (Wildman–Crippen MR) is 62.7 cm³/mol. The van der Waals surface area contributed by atoms with E-state index >= 15 is 0 Å². The van der Waals surface area contributed by atoms with Crippen molar-refractivity contribution in [1.29, 1.82) is 0 Å². The number of hydrogen-bond acceptors (Lipinski definition) is 4. The first-order valence-electron chi connectivity index (χ1n) is 4.80. The largest absolute Gasteiger partial charge is 0.397 e. The summed E-state index contributed by atoms with van der Waals surface area (Å²) in [4.78, 5) is 15.6. The standard InChI is InChI=1S/C10H15N3OS/c1-3-12-9(14)7(2)15-10-8(11)5-4-6-13-10/h4-7H,3,11H2,1-2H3,(H,12,14). The summed E-state index contributed by atoms with van der Waals surface area (Å²) >= 11 is 1.37. The van der Waals surface area contributed by atoms with Crippen molar-refractivity contribution in [3.05, 3.63) is 18.3 Å². The van der Waals surface area contributed by atoms with Crippen LogP contribution in [0.3, 0.4) is 0 Å². The first-order valence-corrected chi connectivity index (χ1v) is 5.68. The SMILES string of the molecule is CCNC(=O)C(C)Sc1ncccc1N. The number of nitrogens with zero attached hydrogens (tertiary/aromatic N) is 1. The predicted octanol–water partition coefficient (Wildman–Crippen LogP) is 1.28. The van der Waals surface area contributed by atoms with Gasteiger partial charge in [0.15, 0.2) is 0 Å². The molecule has 1 unspecified atom stereocenters. The number of thioether (sulfide) groups is 1. The lowest BCUT2D eigenvalue weighted by Gasteiger charge is -2.11. The fraction of sp³-hybridized carbons (Fsp3) is 0.400. The van der Waals surface area contributed by atoms with Crippen molar-refractivity contribution in [3.63, 3.8) is 0 Å². The zero-order valence-electron chi connectivity index (χ0n) is 8.86. The molecular weight excluding hydrogens is 210 g/mol. The van der Waals surface area contributed by atoms with Crippen molar-refractivity contribution in [2.45, 2.75) is 24.1 Å². The molecule has 0 radical (unpaired) electrons. The van der Waals surface area contributed by atoms with E-state index in [1.807, 2.05) is 13.8 Å². The van der Waals surface area contributed by atoms with E-state index in [0.29, 0.717) is 17.3 Å². The Morgan fingerprint density at radius 3 is 3.07 bits per heavy atom. The highest BCUT2D eigenvalue weighted by Crippen LogP contribution is 2.25. The van der Waals surface area contributed by atoms with Crippen LogP contribution in [-0.2, 0) is 4.79 Å². The molecule has 15 heavy (non-hydrogen) atoms. The maximum Gasteiger partial charge on any atom is 0.233 e. The third-order valence-electron chi connectivity index (χ3n) is 1.81. The van der Waals surface area contributed by atoms with Gasteiger partial charge < -0.3 is 11.1 Å². The number of anilines is 1. The number of carbonyl (C=O) groups is 1. The van der Waals surface area contributed by atoms with Gasteiger partial charge in [0.25, 0.3) is 0 Å². The molecule has 1 aromatic heterocycles. The highest BCUT2D eigenvalue weighted by atomic mass is 32.2. The van der Waals surface area contributed by atoms with Gasteiger partial charge in [-0.15, -0.1) is 0 Å². The molecule has 82 valence electrons. The first-order chi connectivity index (χ1) is 7.15. The lowest BCUT2D eigenvalue weighted by molar-refractivity contribution is -0.120. The fourth-order valence-electron chi connectivity index (χ4n) is 1.04. The van der Waals surface area contributed by atoms with Gasteiger partial charge in [-0.05, 0) is 26.0 Å². The van der Waals surface area contributed by atoms with E-state index in [-0.39, 0.29) is 11.2 Å². The smallest absolute Gasteiger partial charge is 0.233 e. The summed E-state index contributed by atoms with van der Waals surface area (Å²) in [6.45, 7) is 4.37. The summed E-state index contributed by atoms with van der Waals surface area (Å²) in [6, 6.07) is 3.55. The topological polar surface area (TPSA) is 68.0 Å². The van der Waals surface area contributed by atoms with E-state index in [1.165, 1.54) is 11.8 Å². The van der Waals surface area contributed by atoms with Crippen LogP contribution >= 0.6 is 11.8 Å². The molecular formula is C10H15N3OS. The Kier molecular flexibility index (Phi) is 4.42. The Labute approximate surface area is 93.7 Å². The van der Waals surface area contributed by atoms with E-state index in [9.17, 15) is 4.79 Å². The van der Waals surface area contributed by atoms with Gasteiger partial charge >= 0.3 is 0 Å². The third kappa shape index (κ3) is 3.43. The molecule has 1 amide bonds. The highest BCUT2D eigenvalue weighted by molar-refractivity contribution is 8.00. The minimum absolute atomic E-state index is 0.00699. The van der Waals surface area contributed by atoms with Gasteiger partial charge in [0.05, 0.1) is 10.9 Å². The number of nitrogens with two attached hydrogens (primary N) is 1. The van der Waals surface area contributed by atoms with Crippen LogP contribution in [0.4, 0.5) is 5.69 Å². The zero-order valence-corrected chi connectivity index (χ0v) is 9.67. The zero-order chi connectivity index (χ0) is 11.3. The number of nitrogens with one attached hydrogen (secondary N) is 1. The molecule has 5 heteroatoms. The molecule has 0 fully saturated rings. The third-order valence-corrected chi connectivity index (χ3v) is 2.94. The molecule has 4 nitrogen and oxygen atoms in total. The van der Waals surface area contributed by atoms with Crippen molar-refractivity contribution in [2.75, 3.05) is 12.3 Å². The summed E-state index contributed by atoms with van der Waals surface area (Å²) in [7, 11) is 0. The minimum Gasteiger partial charge on any atom is -0.397 e. The van der Waals surface area contributed by atoms with Crippen LogP contribution in [0.2, 0.25) is 0 Å². The van der Waals surface area contributed by atoms with Crippen molar-refractivity contribution in [2.24, 2.45) is 0 Å². The van der Waals surface area contributed by atoms with Gasteiger partial charge in [0.1, 0.15) is 5.03 Å². The van der Waals surface area contributed by atoms with Crippen LogP contribution in [0.15, 0.2) is 23.4 Å². The maximum absolute atomic E-state index is 11.5. The summed E-state index contributed by atoms with van der Waals surface area (Å²) in [5, 5.41) is 3.28. The lowest BCUT2D eigenvalue weighted by atomic mass is 10.4. The number of pyridine rings is 1. The average molecular weight is 225 g/mol. The van der Waals surface area contributed by atoms with Crippen LogP contribution in [0.1, 0.15) is 13.8 Å². The van der Waals surface area contributed by atoms with Gasteiger partial charge in [-0.2, -0.15) is 0 Å². The Balaban J connectivity index is 2.62. The van der Waals surface area contributed by atoms with Crippen LogP contribution in [0.5, 0.6) is 0 Å². The molecule has 3 N–H and O–H groups in total. The fourth-order valence-corrected chi connectivity index (χ4v) is 1.89. The molecule has 1 rings (SSSR count). The van der Waals surface area contributed by atoms with Crippen molar-refractivity contribution < 1.29 is 4.79 Å². The van der Waals surface area contributed by atoms with Crippen molar-refractivity contribution >= 4 is 23.4 Å². The normalized spacial score (nSPS) is 12.1. The van der Waals surface area contributed by atoms with Gasteiger partial charge in [-0.3, -0.25) is 4.79 Å². The number of amides is 1. The Morgan fingerprint density at radius 1 is 1.73 bits per heavy atom. The second kappa shape index (κ2) is 5.60. The molecule has 0 spiro atoms. The number of carbonyl (C=O) groups excluding carboxylic acids is 1. The Bertz CT molecular complexity index is 343. The minimum atomic E-state index is -0.179. The molecule has 0 aliphatic carbocycles. The van der Waals surface area contributed by atoms with Gasteiger partial charge in [-0.1, -0.05) is 11.8 Å². The average Bonchev–Trinajstić information content (AvgIpc) is 2.21. The molecule has 1 aromatic rings. The van der Waals surface area contributed by atoms with E-state index in [2.05, 4.69) is 10.3 Å². The number of rotatable bonds is 4. The van der Waals surface area contributed by atoms with Gasteiger partial charge in [-0.25, -0.2) is 4.98 Å². The quantitative estimate of drug-likeness (QED) is 0.757. The van der Waals surface area contributed by atoms with E-state index in [0.717, 1.165) is 0 Å². The summed E-state index contributed by atoms with van der Waals surface area (Å²) < 4.78 is 0. The number of nitrogen functional groups attached to an aromatic ring is 1. The Hall–Kier alpha value is -1.23. The monoisotopic (exact) mass is 225 g/mol. The molecule has 0 aliphatic heterocycles. The first kappa shape index (κ1) is 11.8. The molecule has 1 atom stereocenters.